The topological polar surface area (TPSA) is 56.3 Å². The van der Waals surface area contributed by atoms with Crippen molar-refractivity contribution in [2.45, 2.75) is 39.2 Å². The number of H-pyrrole nitrogens is 1. The Hall–Kier alpha value is -1.57. The first-order chi connectivity index (χ1) is 12.7. The molecule has 27 heavy (non-hydrogen) atoms. The second-order valence-corrected chi connectivity index (χ2v) is 7.77. The molecule has 0 saturated heterocycles. The molecule has 0 unspecified atom stereocenters. The number of hydrogen-bond donors (Lipinski definition) is 2. The zero-order chi connectivity index (χ0) is 18.0. The summed E-state index contributed by atoms with van der Waals surface area (Å²) < 4.78 is 0. The van der Waals surface area contributed by atoms with Crippen LogP contribution in [0, 0.1) is 11.3 Å². The Balaban J connectivity index is 0.00000210. The third-order valence-electron chi connectivity index (χ3n) is 5.68. The number of benzene rings is 1. The minimum Gasteiger partial charge on any atom is -0.357 e. The fourth-order valence-corrected chi connectivity index (χ4v) is 3.76. The Morgan fingerprint density at radius 1 is 1.30 bits per heavy atom. The van der Waals surface area contributed by atoms with Gasteiger partial charge >= 0.3 is 0 Å². The minimum atomic E-state index is 0. The monoisotopic (exact) mass is 479 g/mol. The van der Waals surface area contributed by atoms with Crippen LogP contribution in [0.3, 0.4) is 0 Å². The summed E-state index contributed by atoms with van der Waals surface area (Å²) in [5.41, 5.74) is 2.75. The highest BCUT2D eigenvalue weighted by atomic mass is 127. The quantitative estimate of drug-likeness (QED) is 0.354. The Bertz CT molecular complexity index is 762. The van der Waals surface area contributed by atoms with Crippen LogP contribution in [0.15, 0.2) is 41.5 Å². The third-order valence-corrected chi connectivity index (χ3v) is 5.68. The molecule has 0 spiro atoms. The van der Waals surface area contributed by atoms with Crippen molar-refractivity contribution < 1.29 is 0 Å². The Morgan fingerprint density at radius 2 is 2.04 bits per heavy atom. The van der Waals surface area contributed by atoms with Crippen LogP contribution in [0.1, 0.15) is 38.4 Å². The number of nitrogens with one attached hydrogen (secondary N) is 2. The highest BCUT2D eigenvalue weighted by molar-refractivity contribution is 14.0. The average Bonchev–Trinajstić information content (AvgIpc) is 3.57. The van der Waals surface area contributed by atoms with Crippen molar-refractivity contribution in [2.75, 3.05) is 20.1 Å². The maximum absolute atomic E-state index is 4.96. The summed E-state index contributed by atoms with van der Waals surface area (Å²) in [6.45, 7) is 4.69. The molecule has 0 aliphatic heterocycles. The lowest BCUT2D eigenvalue weighted by atomic mass is 10.0. The van der Waals surface area contributed by atoms with E-state index in [4.69, 9.17) is 4.99 Å². The van der Waals surface area contributed by atoms with Crippen LogP contribution in [-0.2, 0) is 6.54 Å². The Labute approximate surface area is 179 Å². The largest absolute Gasteiger partial charge is 0.357 e. The molecule has 4 rings (SSSR count). The third kappa shape index (κ3) is 4.83. The molecule has 2 aliphatic rings. The molecule has 0 atom stereocenters. The summed E-state index contributed by atoms with van der Waals surface area (Å²) in [7, 11) is 2.09. The van der Waals surface area contributed by atoms with E-state index in [1.807, 2.05) is 24.4 Å². The Kier molecular flexibility index (Phi) is 6.44. The molecule has 146 valence electrons. The van der Waals surface area contributed by atoms with E-state index < -0.39 is 0 Å². The summed E-state index contributed by atoms with van der Waals surface area (Å²) in [5.74, 6) is 2.88. The van der Waals surface area contributed by atoms with Gasteiger partial charge in [-0.3, -0.25) is 4.99 Å². The molecule has 0 amide bonds. The first-order valence-corrected chi connectivity index (χ1v) is 9.79. The number of halogens is 1. The molecule has 2 N–H and O–H groups in total. The van der Waals surface area contributed by atoms with Crippen molar-refractivity contribution in [2.24, 2.45) is 16.3 Å². The summed E-state index contributed by atoms with van der Waals surface area (Å²) in [6, 6.07) is 10.3. The van der Waals surface area contributed by atoms with E-state index in [2.05, 4.69) is 46.3 Å². The van der Waals surface area contributed by atoms with Gasteiger partial charge in [-0.25, -0.2) is 4.98 Å². The fourth-order valence-electron chi connectivity index (χ4n) is 3.76. The van der Waals surface area contributed by atoms with E-state index in [0.29, 0.717) is 5.41 Å². The SMILES string of the molecule is CCNC(=NCC1(C2CC2)CC1)N(C)Cc1ncc(-c2ccccc2)[nH]1.I. The van der Waals surface area contributed by atoms with Crippen LogP contribution in [-0.4, -0.2) is 41.0 Å². The van der Waals surface area contributed by atoms with Gasteiger partial charge < -0.3 is 15.2 Å². The molecule has 2 saturated carbocycles. The lowest BCUT2D eigenvalue weighted by Crippen LogP contribution is -2.39. The number of rotatable bonds is 7. The highest BCUT2D eigenvalue weighted by Crippen LogP contribution is 2.61. The van der Waals surface area contributed by atoms with Crippen molar-refractivity contribution in [1.82, 2.24) is 20.2 Å². The molecule has 2 aromatic rings. The number of nitrogens with zero attached hydrogens (tertiary/aromatic N) is 3. The van der Waals surface area contributed by atoms with Gasteiger partial charge in [-0.05, 0) is 49.5 Å². The second kappa shape index (κ2) is 8.63. The molecule has 0 radical (unpaired) electrons. The molecule has 1 aromatic carbocycles. The molecule has 5 nitrogen and oxygen atoms in total. The van der Waals surface area contributed by atoms with E-state index in [9.17, 15) is 0 Å². The van der Waals surface area contributed by atoms with Crippen molar-refractivity contribution in [3.63, 3.8) is 0 Å². The van der Waals surface area contributed by atoms with E-state index in [-0.39, 0.29) is 24.0 Å². The lowest BCUT2D eigenvalue weighted by molar-refractivity contribution is 0.432. The first-order valence-electron chi connectivity index (χ1n) is 9.79. The van der Waals surface area contributed by atoms with E-state index in [0.717, 1.165) is 48.6 Å². The zero-order valence-electron chi connectivity index (χ0n) is 16.2. The summed E-state index contributed by atoms with van der Waals surface area (Å²) >= 11 is 0. The van der Waals surface area contributed by atoms with Gasteiger partial charge in [0, 0.05) is 20.1 Å². The first kappa shape index (κ1) is 20.2. The predicted molar refractivity (Wildman–Crippen MR) is 121 cm³/mol. The molecule has 2 fully saturated rings. The molecule has 2 aliphatic carbocycles. The fraction of sp³-hybridized carbons (Fsp3) is 0.524. The second-order valence-electron chi connectivity index (χ2n) is 7.77. The normalized spacial score (nSPS) is 17.9. The van der Waals surface area contributed by atoms with Gasteiger partial charge in [-0.15, -0.1) is 24.0 Å². The van der Waals surface area contributed by atoms with Crippen LogP contribution in [0.5, 0.6) is 0 Å². The maximum Gasteiger partial charge on any atom is 0.194 e. The van der Waals surface area contributed by atoms with Crippen molar-refractivity contribution in [3.8, 4) is 11.3 Å². The van der Waals surface area contributed by atoms with Crippen LogP contribution in [0.2, 0.25) is 0 Å². The van der Waals surface area contributed by atoms with E-state index in [1.54, 1.807) is 0 Å². The maximum atomic E-state index is 4.96. The molecular formula is C21H30IN5. The molecule has 6 heteroatoms. The predicted octanol–water partition coefficient (Wildman–Crippen LogP) is 4.28. The average molecular weight is 479 g/mol. The van der Waals surface area contributed by atoms with Crippen LogP contribution < -0.4 is 5.32 Å². The van der Waals surface area contributed by atoms with Gasteiger partial charge in [0.25, 0.3) is 0 Å². The van der Waals surface area contributed by atoms with Crippen molar-refractivity contribution >= 4 is 29.9 Å². The zero-order valence-corrected chi connectivity index (χ0v) is 18.6. The summed E-state index contributed by atoms with van der Waals surface area (Å²) in [5, 5.41) is 3.44. The van der Waals surface area contributed by atoms with Gasteiger partial charge in [0.05, 0.1) is 18.4 Å². The summed E-state index contributed by atoms with van der Waals surface area (Å²) in [6.07, 6.45) is 7.47. The molecule has 0 bridgehead atoms. The Morgan fingerprint density at radius 3 is 2.67 bits per heavy atom. The lowest BCUT2D eigenvalue weighted by Gasteiger charge is -2.22. The van der Waals surface area contributed by atoms with E-state index >= 15 is 0 Å². The molecule has 1 heterocycles. The molecular weight excluding hydrogens is 449 g/mol. The van der Waals surface area contributed by atoms with Crippen molar-refractivity contribution in [3.05, 3.63) is 42.4 Å². The van der Waals surface area contributed by atoms with Crippen molar-refractivity contribution in [1.29, 1.82) is 0 Å². The number of aromatic nitrogens is 2. The van der Waals surface area contributed by atoms with Gasteiger partial charge in [-0.2, -0.15) is 0 Å². The van der Waals surface area contributed by atoms with Crippen LogP contribution in [0.4, 0.5) is 0 Å². The molecule has 1 aromatic heterocycles. The van der Waals surface area contributed by atoms with E-state index in [1.165, 1.54) is 25.7 Å². The van der Waals surface area contributed by atoms with Crippen LogP contribution >= 0.6 is 24.0 Å². The van der Waals surface area contributed by atoms with Gasteiger partial charge in [0.2, 0.25) is 0 Å². The number of imidazole rings is 1. The van der Waals surface area contributed by atoms with Gasteiger partial charge in [0.1, 0.15) is 5.82 Å². The minimum absolute atomic E-state index is 0. The standard InChI is InChI=1S/C21H29N5.HI/c1-3-22-20(24-15-21(11-12-21)17-9-10-17)26(2)14-19-23-13-18(25-19)16-7-5-4-6-8-16;/h4-8,13,17H,3,9-12,14-15H2,1-2H3,(H,22,24)(H,23,25);1H. The van der Waals surface area contributed by atoms with Gasteiger partial charge in [-0.1, -0.05) is 30.3 Å². The number of aliphatic imine (C=N–C) groups is 1. The number of aromatic amines is 1. The van der Waals surface area contributed by atoms with Crippen LogP contribution in [0.25, 0.3) is 11.3 Å². The summed E-state index contributed by atoms with van der Waals surface area (Å²) in [4.78, 5) is 15.1. The van der Waals surface area contributed by atoms with Gasteiger partial charge in [0.15, 0.2) is 5.96 Å². The smallest absolute Gasteiger partial charge is 0.194 e. The number of guanidine groups is 1. The highest BCUT2D eigenvalue weighted by Gasteiger charge is 2.53. The number of hydrogen-bond acceptors (Lipinski definition) is 2.